The Morgan fingerprint density at radius 3 is 2.75 bits per heavy atom. The fraction of sp³-hybridized carbons (Fsp3) is 0.182. The van der Waals surface area contributed by atoms with Crippen LogP contribution < -0.4 is 5.32 Å². The van der Waals surface area contributed by atoms with Gasteiger partial charge in [-0.3, -0.25) is 15.1 Å². The standard InChI is InChI=1S/C11H9ClFN5O2/c1-6(8-3-2-7(13)4-14-8)16-10-9(18(19)20)5-15-11(12)17-10/h2-6H,1H3,(H,15,16,17)/t6-/m1/s1. The van der Waals surface area contributed by atoms with Crippen molar-refractivity contribution in [2.45, 2.75) is 13.0 Å². The van der Waals surface area contributed by atoms with E-state index >= 15 is 0 Å². The smallest absolute Gasteiger partial charge is 0.329 e. The van der Waals surface area contributed by atoms with Crippen molar-refractivity contribution in [3.05, 3.63) is 51.4 Å². The summed E-state index contributed by atoms with van der Waals surface area (Å²) in [6, 6.07) is 2.31. The number of halogens is 2. The van der Waals surface area contributed by atoms with Gasteiger partial charge in [-0.1, -0.05) is 0 Å². The maximum absolute atomic E-state index is 12.8. The number of hydrogen-bond donors (Lipinski definition) is 1. The minimum atomic E-state index is -0.622. The zero-order valence-corrected chi connectivity index (χ0v) is 11.0. The fourth-order valence-electron chi connectivity index (χ4n) is 1.52. The van der Waals surface area contributed by atoms with E-state index in [0.717, 1.165) is 12.4 Å². The number of nitro groups is 1. The third kappa shape index (κ3) is 3.15. The fourth-order valence-corrected chi connectivity index (χ4v) is 1.65. The average Bonchev–Trinajstić information content (AvgIpc) is 2.39. The van der Waals surface area contributed by atoms with Gasteiger partial charge in [0.1, 0.15) is 12.0 Å². The summed E-state index contributed by atoms with van der Waals surface area (Å²) in [7, 11) is 0. The van der Waals surface area contributed by atoms with Crippen LogP contribution in [0.25, 0.3) is 0 Å². The van der Waals surface area contributed by atoms with Gasteiger partial charge in [0.15, 0.2) is 0 Å². The molecule has 2 aromatic heterocycles. The summed E-state index contributed by atoms with van der Waals surface area (Å²) in [5.41, 5.74) is 0.207. The van der Waals surface area contributed by atoms with E-state index in [1.165, 1.54) is 12.1 Å². The zero-order valence-electron chi connectivity index (χ0n) is 10.2. The Hall–Kier alpha value is -2.35. The van der Waals surface area contributed by atoms with Gasteiger partial charge in [-0.05, 0) is 30.7 Å². The van der Waals surface area contributed by atoms with Crippen molar-refractivity contribution < 1.29 is 9.31 Å². The zero-order chi connectivity index (χ0) is 14.7. The maximum Gasteiger partial charge on any atom is 0.329 e. The Bertz CT molecular complexity index is 637. The van der Waals surface area contributed by atoms with Crippen molar-refractivity contribution in [2.24, 2.45) is 0 Å². The monoisotopic (exact) mass is 297 g/mol. The number of nitrogens with one attached hydrogen (secondary N) is 1. The van der Waals surface area contributed by atoms with Crippen LogP contribution in [0.4, 0.5) is 15.9 Å². The first kappa shape index (κ1) is 14.1. The van der Waals surface area contributed by atoms with Crippen molar-refractivity contribution in [3.63, 3.8) is 0 Å². The van der Waals surface area contributed by atoms with Gasteiger partial charge in [-0.2, -0.15) is 4.98 Å². The van der Waals surface area contributed by atoms with E-state index < -0.39 is 16.8 Å². The maximum atomic E-state index is 12.8. The summed E-state index contributed by atoms with van der Waals surface area (Å²) >= 11 is 5.62. The van der Waals surface area contributed by atoms with Crippen molar-refractivity contribution in [3.8, 4) is 0 Å². The minimum absolute atomic E-state index is 0.0198. The molecule has 0 amide bonds. The number of anilines is 1. The summed E-state index contributed by atoms with van der Waals surface area (Å²) in [6.07, 6.45) is 2.08. The molecule has 7 nitrogen and oxygen atoms in total. The predicted molar refractivity (Wildman–Crippen MR) is 69.9 cm³/mol. The lowest BCUT2D eigenvalue weighted by molar-refractivity contribution is -0.384. The quantitative estimate of drug-likeness (QED) is 0.530. The number of rotatable bonds is 4. The third-order valence-electron chi connectivity index (χ3n) is 2.48. The molecule has 0 aromatic carbocycles. The van der Waals surface area contributed by atoms with Gasteiger partial charge < -0.3 is 5.32 Å². The highest BCUT2D eigenvalue weighted by Gasteiger charge is 2.19. The van der Waals surface area contributed by atoms with E-state index in [9.17, 15) is 14.5 Å². The van der Waals surface area contributed by atoms with E-state index in [1.807, 2.05) is 0 Å². The lowest BCUT2D eigenvalue weighted by Gasteiger charge is -2.13. The van der Waals surface area contributed by atoms with Gasteiger partial charge in [0.25, 0.3) is 0 Å². The molecule has 0 saturated heterocycles. The summed E-state index contributed by atoms with van der Waals surface area (Å²) in [5.74, 6) is -0.481. The van der Waals surface area contributed by atoms with Crippen LogP contribution in [0.3, 0.4) is 0 Å². The molecular formula is C11H9ClFN5O2. The molecule has 1 N–H and O–H groups in total. The Morgan fingerprint density at radius 2 is 2.15 bits per heavy atom. The molecule has 0 saturated carbocycles. The van der Waals surface area contributed by atoms with Crippen LogP contribution in [-0.4, -0.2) is 19.9 Å². The van der Waals surface area contributed by atoms with Gasteiger partial charge in [0.2, 0.25) is 11.1 Å². The lowest BCUT2D eigenvalue weighted by atomic mass is 10.2. The second-order valence-electron chi connectivity index (χ2n) is 3.90. The Kier molecular flexibility index (Phi) is 4.04. The summed E-state index contributed by atoms with van der Waals surface area (Å²) < 4.78 is 12.8. The highest BCUT2D eigenvalue weighted by atomic mass is 35.5. The normalized spacial score (nSPS) is 11.9. The van der Waals surface area contributed by atoms with E-state index in [1.54, 1.807) is 6.92 Å². The van der Waals surface area contributed by atoms with Gasteiger partial charge in [0.05, 0.1) is 22.9 Å². The van der Waals surface area contributed by atoms with Crippen molar-refractivity contribution in [1.82, 2.24) is 15.0 Å². The summed E-state index contributed by atoms with van der Waals surface area (Å²) in [4.78, 5) is 21.5. The topological polar surface area (TPSA) is 93.8 Å². The number of hydrogen-bond acceptors (Lipinski definition) is 6. The Balaban J connectivity index is 2.27. The largest absolute Gasteiger partial charge is 0.356 e. The van der Waals surface area contributed by atoms with Crippen molar-refractivity contribution in [2.75, 3.05) is 5.32 Å². The minimum Gasteiger partial charge on any atom is -0.356 e. The highest BCUT2D eigenvalue weighted by Crippen LogP contribution is 2.25. The van der Waals surface area contributed by atoms with Crippen LogP contribution in [0.2, 0.25) is 5.28 Å². The summed E-state index contributed by atoms with van der Waals surface area (Å²) in [6.45, 7) is 1.71. The average molecular weight is 298 g/mol. The second kappa shape index (κ2) is 5.74. The molecule has 0 aliphatic carbocycles. The second-order valence-corrected chi connectivity index (χ2v) is 4.24. The SMILES string of the molecule is C[C@@H](Nc1nc(Cl)ncc1[N+](=O)[O-])c1ccc(F)cn1. The molecule has 0 aliphatic rings. The lowest BCUT2D eigenvalue weighted by Crippen LogP contribution is -2.11. The van der Waals surface area contributed by atoms with Crippen LogP contribution in [0, 0.1) is 15.9 Å². The molecule has 0 radical (unpaired) electrons. The van der Waals surface area contributed by atoms with Crippen LogP contribution in [-0.2, 0) is 0 Å². The molecular weight excluding hydrogens is 289 g/mol. The van der Waals surface area contributed by atoms with Gasteiger partial charge in [-0.15, -0.1) is 0 Å². The Morgan fingerprint density at radius 1 is 1.40 bits per heavy atom. The first-order chi connectivity index (χ1) is 9.47. The molecule has 20 heavy (non-hydrogen) atoms. The van der Waals surface area contributed by atoms with E-state index in [4.69, 9.17) is 11.6 Å². The first-order valence-corrected chi connectivity index (χ1v) is 5.90. The molecule has 104 valence electrons. The van der Waals surface area contributed by atoms with Crippen LogP contribution in [0.15, 0.2) is 24.5 Å². The van der Waals surface area contributed by atoms with Crippen LogP contribution >= 0.6 is 11.6 Å². The molecule has 2 rings (SSSR count). The highest BCUT2D eigenvalue weighted by molar-refractivity contribution is 6.28. The number of aromatic nitrogens is 3. The summed E-state index contributed by atoms with van der Waals surface area (Å²) in [5, 5.41) is 13.6. The van der Waals surface area contributed by atoms with E-state index in [2.05, 4.69) is 20.3 Å². The molecule has 0 fully saturated rings. The van der Waals surface area contributed by atoms with Gasteiger partial charge in [-0.25, -0.2) is 9.37 Å². The number of pyridine rings is 1. The van der Waals surface area contributed by atoms with E-state index in [-0.39, 0.29) is 16.8 Å². The molecule has 1 atom stereocenters. The number of nitrogens with zero attached hydrogens (tertiary/aromatic N) is 4. The van der Waals surface area contributed by atoms with Gasteiger partial charge >= 0.3 is 5.69 Å². The molecule has 0 spiro atoms. The van der Waals surface area contributed by atoms with Crippen molar-refractivity contribution in [1.29, 1.82) is 0 Å². The third-order valence-corrected chi connectivity index (χ3v) is 2.67. The van der Waals surface area contributed by atoms with Crippen LogP contribution in [0.5, 0.6) is 0 Å². The first-order valence-electron chi connectivity index (χ1n) is 5.52. The van der Waals surface area contributed by atoms with Crippen LogP contribution in [0.1, 0.15) is 18.7 Å². The molecule has 0 bridgehead atoms. The predicted octanol–water partition coefficient (Wildman–Crippen LogP) is 2.75. The van der Waals surface area contributed by atoms with Gasteiger partial charge in [0, 0.05) is 0 Å². The van der Waals surface area contributed by atoms with E-state index in [0.29, 0.717) is 5.69 Å². The molecule has 2 heterocycles. The van der Waals surface area contributed by atoms with Crippen molar-refractivity contribution >= 4 is 23.1 Å². The Labute approximate surface area is 118 Å². The molecule has 0 aliphatic heterocycles. The molecule has 9 heteroatoms. The molecule has 0 unspecified atom stereocenters. The molecule has 2 aromatic rings.